The molecule has 3 aromatic carbocycles. The van der Waals surface area contributed by atoms with E-state index < -0.39 is 5.41 Å². The Balaban J connectivity index is 1.80. The van der Waals surface area contributed by atoms with Crippen LogP contribution in [0.2, 0.25) is 0 Å². The molecule has 5 heteroatoms. The van der Waals surface area contributed by atoms with Crippen LogP contribution in [0.5, 0.6) is 11.5 Å². The van der Waals surface area contributed by atoms with Gasteiger partial charge < -0.3 is 9.47 Å². The van der Waals surface area contributed by atoms with Gasteiger partial charge in [0.05, 0.1) is 0 Å². The van der Waals surface area contributed by atoms with Crippen molar-refractivity contribution in [2.75, 3.05) is 13.2 Å². The summed E-state index contributed by atoms with van der Waals surface area (Å²) in [5.41, 5.74) is 4.07. The molecule has 0 atom stereocenters. The molecular weight excluding hydrogens is 479 g/mol. The molecule has 38 heavy (non-hydrogen) atoms. The molecule has 3 aromatic rings. The Bertz CT molecular complexity index is 1280. The summed E-state index contributed by atoms with van der Waals surface area (Å²) in [7, 11) is 0. The van der Waals surface area contributed by atoms with Gasteiger partial charge in [0, 0.05) is 16.4 Å². The summed E-state index contributed by atoms with van der Waals surface area (Å²) in [6, 6.07) is 17.8. The number of benzene rings is 3. The van der Waals surface area contributed by atoms with E-state index >= 15 is 0 Å². The van der Waals surface area contributed by atoms with Gasteiger partial charge in [-0.3, -0.25) is 9.59 Å². The maximum absolute atomic E-state index is 13.2. The van der Waals surface area contributed by atoms with Gasteiger partial charge >= 0.3 is 0 Å². The third kappa shape index (κ3) is 6.50. The normalized spacial score (nSPS) is 11.8. The third-order valence-electron chi connectivity index (χ3n) is 7.38. The molecule has 0 heterocycles. The van der Waals surface area contributed by atoms with Crippen LogP contribution in [0, 0.1) is 25.1 Å². The van der Waals surface area contributed by atoms with E-state index in [9.17, 15) is 14.0 Å². The zero-order valence-corrected chi connectivity index (χ0v) is 23.6. The lowest BCUT2D eigenvalue weighted by Crippen LogP contribution is -2.27. The second kappa shape index (κ2) is 11.9. The molecule has 0 spiro atoms. The van der Waals surface area contributed by atoms with E-state index in [4.69, 9.17) is 9.47 Å². The molecule has 202 valence electrons. The molecule has 0 fully saturated rings. The average Bonchev–Trinajstić information content (AvgIpc) is 2.88. The first-order chi connectivity index (χ1) is 17.9. The predicted octanol–water partition coefficient (Wildman–Crippen LogP) is 7.80. The standard InChI is InChI=1S/C33H39FO4/c1-8-33(9-2,26-13-17-30(23(4)19-26)38-21-31(36)32(5,6)7)25-12-16-29(22(3)18-25)37-20-28(35)24-10-14-27(34)15-11-24/h10-19H,8-9,20-21H2,1-7H3. The van der Waals surface area contributed by atoms with E-state index in [1.807, 2.05) is 46.8 Å². The number of aryl methyl sites for hydroxylation is 2. The number of hydrogen-bond acceptors (Lipinski definition) is 4. The quantitative estimate of drug-likeness (QED) is 0.243. The van der Waals surface area contributed by atoms with Crippen molar-refractivity contribution in [2.45, 2.75) is 66.7 Å². The van der Waals surface area contributed by atoms with Crippen LogP contribution in [-0.2, 0) is 10.2 Å². The number of carbonyl (C=O) groups excluding carboxylic acids is 2. The van der Waals surface area contributed by atoms with Crippen molar-refractivity contribution in [3.63, 3.8) is 0 Å². The van der Waals surface area contributed by atoms with Gasteiger partial charge in [-0.2, -0.15) is 0 Å². The van der Waals surface area contributed by atoms with Crippen LogP contribution in [0.3, 0.4) is 0 Å². The molecule has 0 aliphatic rings. The summed E-state index contributed by atoms with van der Waals surface area (Å²) in [5, 5.41) is 0. The van der Waals surface area contributed by atoms with Gasteiger partial charge in [-0.1, -0.05) is 58.9 Å². The fraction of sp³-hybridized carbons (Fsp3) is 0.394. The molecule has 0 bridgehead atoms. The maximum atomic E-state index is 13.2. The van der Waals surface area contributed by atoms with E-state index in [0.29, 0.717) is 11.3 Å². The minimum atomic E-state index is -0.435. The van der Waals surface area contributed by atoms with Crippen LogP contribution in [0.4, 0.5) is 4.39 Å². The van der Waals surface area contributed by atoms with Crippen molar-refractivity contribution < 1.29 is 23.5 Å². The fourth-order valence-corrected chi connectivity index (χ4v) is 4.67. The molecule has 0 N–H and O–H groups in total. The lowest BCUT2D eigenvalue weighted by Gasteiger charge is -2.34. The van der Waals surface area contributed by atoms with Gasteiger partial charge in [-0.05, 0) is 85.3 Å². The number of hydrogen-bond donors (Lipinski definition) is 0. The van der Waals surface area contributed by atoms with Crippen LogP contribution < -0.4 is 9.47 Å². The van der Waals surface area contributed by atoms with Gasteiger partial charge in [0.2, 0.25) is 0 Å². The number of halogens is 1. The van der Waals surface area contributed by atoms with Crippen LogP contribution in [0.15, 0.2) is 60.7 Å². The highest BCUT2D eigenvalue weighted by atomic mass is 19.1. The zero-order valence-electron chi connectivity index (χ0n) is 23.6. The summed E-state index contributed by atoms with van der Waals surface area (Å²) in [6.07, 6.45) is 1.79. The minimum Gasteiger partial charge on any atom is -0.486 e. The highest BCUT2D eigenvalue weighted by molar-refractivity contribution is 5.97. The second-order valence-corrected chi connectivity index (χ2v) is 10.9. The predicted molar refractivity (Wildman–Crippen MR) is 150 cm³/mol. The number of carbonyl (C=O) groups is 2. The molecule has 0 radical (unpaired) electrons. The summed E-state index contributed by atoms with van der Waals surface area (Å²) < 4.78 is 24.9. The first kappa shape index (κ1) is 29.1. The Morgan fingerprint density at radius 2 is 1.21 bits per heavy atom. The highest BCUT2D eigenvalue weighted by Gasteiger charge is 2.32. The number of rotatable bonds is 11. The van der Waals surface area contributed by atoms with Crippen molar-refractivity contribution in [1.29, 1.82) is 0 Å². The topological polar surface area (TPSA) is 52.6 Å². The van der Waals surface area contributed by atoms with E-state index in [0.717, 1.165) is 29.7 Å². The monoisotopic (exact) mass is 518 g/mol. The smallest absolute Gasteiger partial charge is 0.200 e. The number of ether oxygens (including phenoxy) is 2. The summed E-state index contributed by atoms with van der Waals surface area (Å²) in [4.78, 5) is 24.8. The number of Topliss-reactive ketones (excluding diaryl/α,β-unsaturated/α-hetero) is 2. The van der Waals surface area contributed by atoms with Gasteiger partial charge in [0.15, 0.2) is 18.2 Å². The van der Waals surface area contributed by atoms with Gasteiger partial charge in [-0.15, -0.1) is 0 Å². The largest absolute Gasteiger partial charge is 0.486 e. The Labute approximate surface area is 226 Å². The van der Waals surface area contributed by atoms with Gasteiger partial charge in [-0.25, -0.2) is 4.39 Å². The molecule has 0 saturated carbocycles. The molecule has 0 saturated heterocycles. The summed E-state index contributed by atoms with van der Waals surface area (Å²) in [6.45, 7) is 14.0. The maximum Gasteiger partial charge on any atom is 0.200 e. The van der Waals surface area contributed by atoms with Crippen molar-refractivity contribution in [2.24, 2.45) is 5.41 Å². The Morgan fingerprint density at radius 3 is 1.63 bits per heavy atom. The Hall–Kier alpha value is -3.47. The lowest BCUT2D eigenvalue weighted by atomic mass is 9.70. The van der Waals surface area contributed by atoms with Crippen molar-refractivity contribution in [1.82, 2.24) is 0 Å². The summed E-state index contributed by atoms with van der Waals surface area (Å²) in [5.74, 6) is 0.853. The van der Waals surface area contributed by atoms with Crippen molar-refractivity contribution >= 4 is 11.6 Å². The SMILES string of the molecule is CCC(CC)(c1ccc(OCC(=O)c2ccc(F)cc2)c(C)c1)c1ccc(OCC(=O)C(C)(C)C)c(C)c1. The van der Waals surface area contributed by atoms with Crippen molar-refractivity contribution in [3.05, 3.63) is 94.3 Å². The minimum absolute atomic E-state index is 0.0563. The summed E-state index contributed by atoms with van der Waals surface area (Å²) >= 11 is 0. The Kier molecular flexibility index (Phi) is 9.14. The van der Waals surface area contributed by atoms with E-state index in [1.165, 1.54) is 35.4 Å². The first-order valence-corrected chi connectivity index (χ1v) is 13.2. The van der Waals surface area contributed by atoms with E-state index in [1.54, 1.807) is 0 Å². The molecule has 4 nitrogen and oxygen atoms in total. The van der Waals surface area contributed by atoms with Crippen LogP contribution in [-0.4, -0.2) is 24.8 Å². The third-order valence-corrected chi connectivity index (χ3v) is 7.38. The molecular formula is C33H39FO4. The van der Waals surface area contributed by atoms with Crippen LogP contribution in [0.1, 0.15) is 80.1 Å². The van der Waals surface area contributed by atoms with Gasteiger partial charge in [0.1, 0.15) is 23.9 Å². The average molecular weight is 519 g/mol. The lowest BCUT2D eigenvalue weighted by molar-refractivity contribution is -0.128. The molecule has 0 aromatic heterocycles. The highest BCUT2D eigenvalue weighted by Crippen LogP contribution is 2.41. The van der Waals surface area contributed by atoms with E-state index in [-0.39, 0.29) is 36.0 Å². The molecule has 0 amide bonds. The van der Waals surface area contributed by atoms with Gasteiger partial charge in [0.25, 0.3) is 0 Å². The first-order valence-electron chi connectivity index (χ1n) is 13.2. The molecule has 0 unspecified atom stereocenters. The van der Waals surface area contributed by atoms with Crippen LogP contribution in [0.25, 0.3) is 0 Å². The second-order valence-electron chi connectivity index (χ2n) is 10.9. The fourth-order valence-electron chi connectivity index (χ4n) is 4.67. The molecule has 0 aliphatic carbocycles. The molecule has 3 rings (SSSR count). The zero-order chi connectivity index (χ0) is 28.1. The Morgan fingerprint density at radius 1 is 0.737 bits per heavy atom. The van der Waals surface area contributed by atoms with Crippen molar-refractivity contribution in [3.8, 4) is 11.5 Å². The van der Waals surface area contributed by atoms with E-state index in [2.05, 4.69) is 38.1 Å². The molecule has 0 aliphatic heterocycles. The van der Waals surface area contributed by atoms with Crippen LogP contribution >= 0.6 is 0 Å². The number of ketones is 2.